The van der Waals surface area contributed by atoms with Crippen LogP contribution in [0.4, 0.5) is 0 Å². The van der Waals surface area contributed by atoms with Gasteiger partial charge in [0.2, 0.25) is 5.91 Å². The molecule has 0 bridgehead atoms. The number of carbonyl (C=O) groups excluding carboxylic acids is 2. The fourth-order valence-corrected chi connectivity index (χ4v) is 2.05. The molecule has 0 N–H and O–H groups in total. The third-order valence-corrected chi connectivity index (χ3v) is 2.87. The first-order chi connectivity index (χ1) is 6.57. The van der Waals surface area contributed by atoms with Crippen LogP contribution < -0.4 is 0 Å². The van der Waals surface area contributed by atoms with Crippen LogP contribution in [0.3, 0.4) is 0 Å². The van der Waals surface area contributed by atoms with Gasteiger partial charge in [-0.3, -0.25) is 9.69 Å². The first-order valence-corrected chi connectivity index (χ1v) is 4.93. The maximum Gasteiger partial charge on any atom is 0.239 e. The number of carbonyl (C=O) groups is 2. The Morgan fingerprint density at radius 1 is 1.57 bits per heavy atom. The second kappa shape index (κ2) is 4.55. The van der Waals surface area contributed by atoms with Crippen molar-refractivity contribution in [3.05, 3.63) is 0 Å². The highest BCUT2D eigenvalue weighted by molar-refractivity contribution is 5.82. The fraction of sp³-hybridized carbons (Fsp3) is 0.800. The first-order valence-electron chi connectivity index (χ1n) is 4.93. The summed E-state index contributed by atoms with van der Waals surface area (Å²) in [7, 11) is 5.45. The molecule has 0 aromatic heterocycles. The van der Waals surface area contributed by atoms with Crippen LogP contribution in [0.2, 0.25) is 0 Å². The van der Waals surface area contributed by atoms with Gasteiger partial charge in [-0.1, -0.05) is 0 Å². The Morgan fingerprint density at radius 3 is 2.71 bits per heavy atom. The summed E-state index contributed by atoms with van der Waals surface area (Å²) in [6.07, 6.45) is 2.36. The number of nitrogens with zero attached hydrogens (tertiary/aromatic N) is 2. The smallest absolute Gasteiger partial charge is 0.239 e. The average molecular weight is 198 g/mol. The van der Waals surface area contributed by atoms with E-state index in [0.717, 1.165) is 19.3 Å². The van der Waals surface area contributed by atoms with Crippen LogP contribution in [-0.2, 0) is 9.59 Å². The summed E-state index contributed by atoms with van der Waals surface area (Å²) in [6, 6.07) is -0.102. The Hall–Kier alpha value is -0.900. The van der Waals surface area contributed by atoms with Crippen LogP contribution in [0.15, 0.2) is 0 Å². The van der Waals surface area contributed by atoms with Crippen molar-refractivity contribution < 1.29 is 9.59 Å². The molecule has 2 unspecified atom stereocenters. The van der Waals surface area contributed by atoms with Crippen molar-refractivity contribution in [2.45, 2.75) is 18.9 Å². The predicted molar refractivity (Wildman–Crippen MR) is 53.9 cm³/mol. The fourth-order valence-electron chi connectivity index (χ4n) is 2.05. The summed E-state index contributed by atoms with van der Waals surface area (Å²) < 4.78 is 0. The van der Waals surface area contributed by atoms with E-state index in [-0.39, 0.29) is 17.9 Å². The van der Waals surface area contributed by atoms with Gasteiger partial charge in [-0.05, 0) is 25.9 Å². The van der Waals surface area contributed by atoms with Crippen molar-refractivity contribution in [3.8, 4) is 0 Å². The molecular formula is C10H18N2O2. The van der Waals surface area contributed by atoms with Crippen molar-refractivity contribution >= 4 is 12.2 Å². The lowest BCUT2D eigenvalue weighted by Crippen LogP contribution is -2.44. The maximum absolute atomic E-state index is 11.8. The molecule has 0 aromatic carbocycles. The molecule has 0 aliphatic carbocycles. The van der Waals surface area contributed by atoms with Crippen LogP contribution in [0.5, 0.6) is 0 Å². The van der Waals surface area contributed by atoms with Crippen molar-refractivity contribution in [1.82, 2.24) is 9.80 Å². The van der Waals surface area contributed by atoms with Crippen LogP contribution in [-0.4, -0.2) is 55.7 Å². The van der Waals surface area contributed by atoms with Gasteiger partial charge in [0.25, 0.3) is 0 Å². The van der Waals surface area contributed by atoms with E-state index in [4.69, 9.17) is 0 Å². The van der Waals surface area contributed by atoms with Crippen LogP contribution >= 0.6 is 0 Å². The number of hydrogen-bond acceptors (Lipinski definition) is 3. The summed E-state index contributed by atoms with van der Waals surface area (Å²) in [4.78, 5) is 25.9. The van der Waals surface area contributed by atoms with Gasteiger partial charge in [-0.25, -0.2) is 0 Å². The highest BCUT2D eigenvalue weighted by Gasteiger charge is 2.37. The highest BCUT2D eigenvalue weighted by Crippen LogP contribution is 2.26. The van der Waals surface area contributed by atoms with E-state index in [9.17, 15) is 9.59 Å². The van der Waals surface area contributed by atoms with Crippen LogP contribution in [0.1, 0.15) is 12.8 Å². The average Bonchev–Trinajstić information content (AvgIpc) is 2.47. The number of aldehydes is 1. The Balaban J connectivity index is 2.70. The second-order valence-corrected chi connectivity index (χ2v) is 4.11. The van der Waals surface area contributed by atoms with Gasteiger partial charge >= 0.3 is 0 Å². The van der Waals surface area contributed by atoms with E-state index in [0.29, 0.717) is 6.42 Å². The normalized spacial score (nSPS) is 27.6. The maximum atomic E-state index is 11.8. The molecule has 14 heavy (non-hydrogen) atoms. The van der Waals surface area contributed by atoms with Gasteiger partial charge in [0.15, 0.2) is 0 Å². The van der Waals surface area contributed by atoms with Gasteiger partial charge in [-0.15, -0.1) is 0 Å². The minimum Gasteiger partial charge on any atom is -0.347 e. The lowest BCUT2D eigenvalue weighted by Gasteiger charge is -2.25. The standard InChI is InChI=1S/C10H18N2O2/c1-11(2)10(14)9-8(5-7-13)4-6-12(9)3/h7-9H,4-6H2,1-3H3. The van der Waals surface area contributed by atoms with Gasteiger partial charge in [0.05, 0.1) is 6.04 Å². The summed E-state index contributed by atoms with van der Waals surface area (Å²) in [5.74, 6) is 0.309. The molecule has 1 aliphatic rings. The number of hydrogen-bond donors (Lipinski definition) is 0. The molecule has 1 fully saturated rings. The van der Waals surface area contributed by atoms with Crippen LogP contribution in [0.25, 0.3) is 0 Å². The van der Waals surface area contributed by atoms with Crippen molar-refractivity contribution in [2.24, 2.45) is 5.92 Å². The molecule has 1 amide bonds. The molecule has 80 valence electrons. The van der Waals surface area contributed by atoms with Crippen molar-refractivity contribution in [1.29, 1.82) is 0 Å². The lowest BCUT2D eigenvalue weighted by molar-refractivity contribution is -0.134. The molecule has 0 saturated carbocycles. The third-order valence-electron chi connectivity index (χ3n) is 2.87. The molecular weight excluding hydrogens is 180 g/mol. The molecule has 0 radical (unpaired) electrons. The summed E-state index contributed by atoms with van der Waals surface area (Å²) in [5, 5.41) is 0. The predicted octanol–water partition coefficient (Wildman–Crippen LogP) is -0.0161. The zero-order valence-corrected chi connectivity index (χ0v) is 9.06. The molecule has 4 heteroatoms. The quantitative estimate of drug-likeness (QED) is 0.599. The Kier molecular flexibility index (Phi) is 3.63. The molecule has 0 aromatic rings. The minimum atomic E-state index is -0.102. The van der Waals surface area contributed by atoms with Gasteiger partial charge in [0, 0.05) is 20.5 Å². The van der Waals surface area contributed by atoms with Gasteiger partial charge < -0.3 is 9.69 Å². The Morgan fingerprint density at radius 2 is 2.21 bits per heavy atom. The number of likely N-dealkylation sites (tertiary alicyclic amines) is 1. The first kappa shape index (κ1) is 11.2. The number of rotatable bonds is 3. The molecule has 1 aliphatic heterocycles. The Bertz CT molecular complexity index is 228. The van der Waals surface area contributed by atoms with Crippen molar-refractivity contribution in [2.75, 3.05) is 27.7 Å². The summed E-state index contributed by atoms with van der Waals surface area (Å²) in [5.41, 5.74) is 0. The van der Waals surface area contributed by atoms with E-state index in [1.54, 1.807) is 19.0 Å². The second-order valence-electron chi connectivity index (χ2n) is 4.11. The van der Waals surface area contributed by atoms with E-state index >= 15 is 0 Å². The van der Waals surface area contributed by atoms with Crippen LogP contribution in [0, 0.1) is 5.92 Å². The van der Waals surface area contributed by atoms with Gasteiger partial charge in [-0.2, -0.15) is 0 Å². The number of amides is 1. The summed E-state index contributed by atoms with van der Waals surface area (Å²) in [6.45, 7) is 0.906. The molecule has 1 heterocycles. The van der Waals surface area contributed by atoms with E-state index in [2.05, 4.69) is 0 Å². The van der Waals surface area contributed by atoms with E-state index in [1.807, 2.05) is 11.9 Å². The highest BCUT2D eigenvalue weighted by atomic mass is 16.2. The molecule has 0 spiro atoms. The molecule has 2 atom stereocenters. The molecule has 1 rings (SSSR count). The van der Waals surface area contributed by atoms with E-state index < -0.39 is 0 Å². The third kappa shape index (κ3) is 2.12. The minimum absolute atomic E-state index is 0.102. The van der Waals surface area contributed by atoms with Gasteiger partial charge in [0.1, 0.15) is 6.29 Å². The topological polar surface area (TPSA) is 40.6 Å². The SMILES string of the molecule is CN(C)C(=O)C1C(CC=O)CCN1C. The van der Waals surface area contributed by atoms with Crippen molar-refractivity contribution in [3.63, 3.8) is 0 Å². The zero-order chi connectivity index (χ0) is 10.7. The van der Waals surface area contributed by atoms with E-state index in [1.165, 1.54) is 0 Å². The lowest BCUT2D eigenvalue weighted by atomic mass is 9.96. The molecule has 4 nitrogen and oxygen atoms in total. The largest absolute Gasteiger partial charge is 0.347 e. The summed E-state index contributed by atoms with van der Waals surface area (Å²) >= 11 is 0. The Labute approximate surface area is 84.9 Å². The molecule has 1 saturated heterocycles. The monoisotopic (exact) mass is 198 g/mol. The number of likely N-dealkylation sites (N-methyl/N-ethyl adjacent to an activating group) is 2. The zero-order valence-electron chi connectivity index (χ0n) is 9.06.